The first-order chi connectivity index (χ1) is 29.3. The van der Waals surface area contributed by atoms with Gasteiger partial charge in [-0.15, -0.1) is 0 Å². The van der Waals surface area contributed by atoms with Gasteiger partial charge in [-0.25, -0.2) is 0 Å². The Morgan fingerprint density at radius 1 is 0.390 bits per heavy atom. The molecule has 1 aromatic heterocycles. The van der Waals surface area contributed by atoms with Crippen LogP contribution in [-0.2, 0) is 5.41 Å². The molecule has 1 unspecified atom stereocenters. The second-order valence-electron chi connectivity index (χ2n) is 16.3. The fourth-order valence-electron chi connectivity index (χ4n) is 11.5. The molecule has 1 aliphatic carbocycles. The summed E-state index contributed by atoms with van der Waals surface area (Å²) < 4.78 is 2.46. The van der Waals surface area contributed by atoms with Gasteiger partial charge in [-0.3, -0.25) is 0 Å². The lowest BCUT2D eigenvalue weighted by Crippen LogP contribution is -2.59. The van der Waals surface area contributed by atoms with Crippen molar-refractivity contribution >= 4 is 73.7 Å². The molecule has 1 spiro atoms. The maximum absolute atomic E-state index is 2.49. The van der Waals surface area contributed by atoms with Gasteiger partial charge in [0.15, 0.2) is 0 Å². The molecule has 0 saturated heterocycles. The lowest BCUT2D eigenvalue weighted by molar-refractivity contribution is 0.775. The lowest BCUT2D eigenvalue weighted by Gasteiger charge is -2.42. The summed E-state index contributed by atoms with van der Waals surface area (Å²) in [5, 5.41) is 2.57. The Bertz CT molecular complexity index is 3370. The normalized spacial score (nSPS) is 16.1. The molecule has 272 valence electrons. The van der Waals surface area contributed by atoms with Gasteiger partial charge in [0.05, 0.1) is 27.8 Å². The van der Waals surface area contributed by atoms with Crippen LogP contribution in [0.15, 0.2) is 210 Å². The van der Waals surface area contributed by atoms with E-state index in [9.17, 15) is 0 Å². The third-order valence-corrected chi connectivity index (χ3v) is 14.8. The fourth-order valence-corrected chi connectivity index (χ4v) is 12.6. The van der Waals surface area contributed by atoms with Crippen molar-refractivity contribution in [3.63, 3.8) is 0 Å². The van der Waals surface area contributed by atoms with Crippen molar-refractivity contribution in [2.24, 2.45) is 0 Å². The second-order valence-corrected chi connectivity index (χ2v) is 17.4. The van der Waals surface area contributed by atoms with Crippen LogP contribution in [0.4, 0.5) is 17.1 Å². The molecule has 0 bridgehead atoms. The Morgan fingerprint density at radius 2 is 0.983 bits per heavy atom. The van der Waals surface area contributed by atoms with Crippen molar-refractivity contribution in [2.75, 3.05) is 4.90 Å². The summed E-state index contributed by atoms with van der Waals surface area (Å²) in [6, 6.07) is 75.5. The molecule has 0 saturated carbocycles. The number of anilines is 3. The van der Waals surface area contributed by atoms with Gasteiger partial charge in [0.2, 0.25) is 6.71 Å². The molecule has 0 radical (unpaired) electrons. The number of benzene rings is 9. The maximum Gasteiger partial charge on any atom is 0.243 e. The topological polar surface area (TPSA) is 8.17 Å². The fraction of sp³-hybridized carbons (Fsp3) is 0.0182. The summed E-state index contributed by atoms with van der Waals surface area (Å²) in [4.78, 5) is 5.01. The van der Waals surface area contributed by atoms with Crippen molar-refractivity contribution in [2.45, 2.75) is 15.2 Å². The number of nitrogens with zero attached hydrogens (tertiary/aromatic N) is 2. The Morgan fingerprint density at radius 3 is 1.76 bits per heavy atom. The zero-order valence-corrected chi connectivity index (χ0v) is 32.7. The molecule has 0 N–H and O–H groups in total. The molecule has 59 heavy (non-hydrogen) atoms. The molecule has 4 heteroatoms. The third-order valence-electron chi connectivity index (χ3n) is 13.7. The highest BCUT2D eigenvalue weighted by molar-refractivity contribution is 7.99. The van der Waals surface area contributed by atoms with Gasteiger partial charge in [0, 0.05) is 31.9 Å². The largest absolute Gasteiger partial charge is 0.309 e. The first-order valence-corrected chi connectivity index (χ1v) is 21.4. The molecule has 4 aliphatic rings. The van der Waals surface area contributed by atoms with Crippen LogP contribution in [0, 0.1) is 0 Å². The van der Waals surface area contributed by atoms with E-state index in [1.54, 1.807) is 0 Å². The molecule has 0 amide bonds. The smallest absolute Gasteiger partial charge is 0.243 e. The Kier molecular flexibility index (Phi) is 6.27. The quantitative estimate of drug-likeness (QED) is 0.162. The minimum absolute atomic E-state index is 0.125. The number of hydrogen-bond donors (Lipinski definition) is 0. The van der Waals surface area contributed by atoms with E-state index < -0.39 is 5.41 Å². The molecular formula is C55H33BN2S. The first kappa shape index (κ1) is 32.0. The lowest BCUT2D eigenvalue weighted by atomic mass is 9.32. The SMILES string of the molecule is c1ccc2c(c1)Sc1ccccc1N2c1ccc2c(c1)-c1ccccc1C21c2ccccc2B2c3cc(-n4c5ccccc5c5ccccc54)ccc3-c3cccc1c32. The van der Waals surface area contributed by atoms with E-state index in [2.05, 4.69) is 210 Å². The van der Waals surface area contributed by atoms with E-state index in [4.69, 9.17) is 0 Å². The van der Waals surface area contributed by atoms with Crippen molar-refractivity contribution < 1.29 is 0 Å². The number of hydrogen-bond acceptors (Lipinski definition) is 2. The van der Waals surface area contributed by atoms with Gasteiger partial charge in [-0.1, -0.05) is 168 Å². The van der Waals surface area contributed by atoms with Crippen molar-refractivity contribution in [1.82, 2.24) is 4.57 Å². The Hall–Kier alpha value is -7.01. The van der Waals surface area contributed by atoms with Crippen molar-refractivity contribution in [3.05, 3.63) is 222 Å². The Balaban J connectivity index is 1.01. The molecule has 2 nitrogen and oxygen atoms in total. The zero-order valence-electron chi connectivity index (χ0n) is 31.9. The summed E-state index contributed by atoms with van der Waals surface area (Å²) in [7, 11) is 0. The average molecular weight is 765 g/mol. The number of fused-ring (bicyclic) bond motifs is 17. The van der Waals surface area contributed by atoms with Crippen LogP contribution in [0.3, 0.4) is 0 Å². The van der Waals surface area contributed by atoms with E-state index in [0.717, 1.165) is 0 Å². The highest BCUT2D eigenvalue weighted by Crippen LogP contribution is 2.59. The summed E-state index contributed by atoms with van der Waals surface area (Å²) in [5.74, 6) is 0. The molecule has 3 aliphatic heterocycles. The summed E-state index contributed by atoms with van der Waals surface area (Å²) in [6.07, 6.45) is 0. The molecule has 0 fully saturated rings. The maximum atomic E-state index is 2.49. The van der Waals surface area contributed by atoms with Crippen LogP contribution in [0.2, 0.25) is 0 Å². The predicted octanol–water partition coefficient (Wildman–Crippen LogP) is 11.9. The predicted molar refractivity (Wildman–Crippen MR) is 247 cm³/mol. The van der Waals surface area contributed by atoms with Crippen LogP contribution in [0.25, 0.3) is 49.7 Å². The van der Waals surface area contributed by atoms with Crippen molar-refractivity contribution in [1.29, 1.82) is 0 Å². The van der Waals surface area contributed by atoms with E-state index >= 15 is 0 Å². The van der Waals surface area contributed by atoms with Gasteiger partial charge in [-0.2, -0.15) is 0 Å². The Labute approximate surface area is 347 Å². The van der Waals surface area contributed by atoms with Crippen LogP contribution in [0.5, 0.6) is 0 Å². The molecule has 14 rings (SSSR count). The number of aromatic nitrogens is 1. The summed E-state index contributed by atoms with van der Waals surface area (Å²) >= 11 is 1.86. The van der Waals surface area contributed by atoms with Crippen LogP contribution < -0.4 is 21.3 Å². The number of para-hydroxylation sites is 4. The highest BCUT2D eigenvalue weighted by Gasteiger charge is 2.54. The third kappa shape index (κ3) is 4.00. The molecule has 10 aromatic rings. The minimum Gasteiger partial charge on any atom is -0.309 e. The van der Waals surface area contributed by atoms with E-state index in [1.165, 1.54) is 115 Å². The molecular weight excluding hydrogens is 731 g/mol. The average Bonchev–Trinajstić information content (AvgIpc) is 3.92. The summed E-state index contributed by atoms with van der Waals surface area (Å²) in [5.41, 5.74) is 21.9. The van der Waals surface area contributed by atoms with Crippen LogP contribution in [-0.4, -0.2) is 11.3 Å². The van der Waals surface area contributed by atoms with Gasteiger partial charge in [0.1, 0.15) is 0 Å². The summed E-state index contributed by atoms with van der Waals surface area (Å²) in [6.45, 7) is 0.125. The molecule has 1 atom stereocenters. The first-order valence-electron chi connectivity index (χ1n) is 20.6. The van der Waals surface area contributed by atoms with Gasteiger partial charge in [-0.05, 0) is 105 Å². The minimum atomic E-state index is -0.464. The van der Waals surface area contributed by atoms with E-state index in [0.29, 0.717) is 0 Å². The van der Waals surface area contributed by atoms with Crippen molar-refractivity contribution in [3.8, 4) is 27.9 Å². The zero-order chi connectivity index (χ0) is 38.4. The highest BCUT2D eigenvalue weighted by atomic mass is 32.2. The van der Waals surface area contributed by atoms with Gasteiger partial charge in [0.25, 0.3) is 0 Å². The molecule has 4 heterocycles. The second kappa shape index (κ2) is 11.6. The van der Waals surface area contributed by atoms with Gasteiger partial charge < -0.3 is 9.47 Å². The van der Waals surface area contributed by atoms with Crippen LogP contribution >= 0.6 is 11.8 Å². The van der Waals surface area contributed by atoms with E-state index in [-0.39, 0.29) is 6.71 Å². The van der Waals surface area contributed by atoms with Gasteiger partial charge >= 0.3 is 0 Å². The monoisotopic (exact) mass is 764 g/mol. The van der Waals surface area contributed by atoms with E-state index in [1.807, 2.05) is 11.8 Å². The standard InChI is InChI=1S/C55H33BN2S/c1-4-18-42-36(14-1)41-32-34(58-50-24-9-11-26-52(50)59-53-27-12-10-25-51(53)58)29-31-43(41)55(42)44-19-5-6-21-46(44)56-47-33-35(28-30-37(47)40-17-13-20-45(55)54(40)56)57-48-22-7-2-15-38(48)39-16-3-8-23-49(39)57/h1-33H. The van der Waals surface area contributed by atoms with Crippen LogP contribution in [0.1, 0.15) is 22.3 Å². The number of rotatable bonds is 2. The molecule has 9 aromatic carbocycles.